The van der Waals surface area contributed by atoms with Crippen LogP contribution in [0.4, 0.5) is 10.1 Å². The van der Waals surface area contributed by atoms with Gasteiger partial charge in [0.1, 0.15) is 11.9 Å². The second-order valence-corrected chi connectivity index (χ2v) is 8.01. The molecule has 0 aliphatic carbocycles. The van der Waals surface area contributed by atoms with Crippen LogP contribution in [0, 0.1) is 17.7 Å². The van der Waals surface area contributed by atoms with Crippen molar-refractivity contribution in [3.63, 3.8) is 0 Å². The number of hydrogen-bond donors (Lipinski definition) is 1. The third kappa shape index (κ3) is 4.29. The Bertz CT molecular complexity index is 606. The van der Waals surface area contributed by atoms with E-state index in [1.807, 2.05) is 13.8 Å². The van der Waals surface area contributed by atoms with Crippen molar-refractivity contribution in [2.24, 2.45) is 11.8 Å². The molecule has 1 fully saturated rings. The Morgan fingerprint density at radius 1 is 1.29 bits per heavy atom. The van der Waals surface area contributed by atoms with Gasteiger partial charge in [0.05, 0.1) is 11.1 Å². The molecule has 1 aromatic rings. The highest BCUT2D eigenvalue weighted by Gasteiger charge is 2.42. The summed E-state index contributed by atoms with van der Waals surface area (Å²) in [7, 11) is 0. The number of benzene rings is 1. The van der Waals surface area contributed by atoms with Crippen LogP contribution in [0.5, 0.6) is 0 Å². The van der Waals surface area contributed by atoms with Crippen molar-refractivity contribution in [3.05, 3.63) is 30.1 Å². The highest BCUT2D eigenvalue weighted by Crippen LogP contribution is 2.35. The summed E-state index contributed by atoms with van der Waals surface area (Å²) >= 11 is 1.63. The second-order valence-electron chi connectivity index (χ2n) is 6.80. The third-order valence-electron chi connectivity index (χ3n) is 3.95. The number of carbonyl (C=O) groups is 2. The van der Waals surface area contributed by atoms with Crippen LogP contribution < -0.4 is 5.32 Å². The van der Waals surface area contributed by atoms with E-state index in [0.29, 0.717) is 11.7 Å². The molecule has 1 N–H and O–H groups in total. The predicted molar refractivity (Wildman–Crippen MR) is 96.2 cm³/mol. The molecule has 2 atom stereocenters. The Balaban J connectivity index is 2.18. The lowest BCUT2D eigenvalue weighted by Crippen LogP contribution is -2.49. The number of para-hydroxylation sites is 1. The molecule has 1 heterocycles. The molecule has 2 unspecified atom stereocenters. The molecule has 132 valence electrons. The fraction of sp³-hybridized carbons (Fsp3) is 0.556. The number of carbonyl (C=O) groups excluding carboxylic acids is 2. The lowest BCUT2D eigenvalue weighted by atomic mass is 10.1. The zero-order valence-corrected chi connectivity index (χ0v) is 15.4. The lowest BCUT2D eigenvalue weighted by Gasteiger charge is -2.31. The van der Waals surface area contributed by atoms with Crippen molar-refractivity contribution in [1.29, 1.82) is 0 Å². The predicted octanol–water partition coefficient (Wildman–Crippen LogP) is 3.74. The van der Waals surface area contributed by atoms with Crippen molar-refractivity contribution in [3.8, 4) is 0 Å². The minimum Gasteiger partial charge on any atom is -0.322 e. The zero-order chi connectivity index (χ0) is 17.9. The molecule has 4 nitrogen and oxygen atoms in total. The van der Waals surface area contributed by atoms with Crippen molar-refractivity contribution in [2.45, 2.75) is 45.5 Å². The molecule has 1 aliphatic rings. The van der Waals surface area contributed by atoms with Crippen LogP contribution in [0.3, 0.4) is 0 Å². The molecule has 1 aliphatic heterocycles. The van der Waals surface area contributed by atoms with E-state index in [9.17, 15) is 14.0 Å². The fourth-order valence-corrected chi connectivity index (χ4v) is 4.37. The molecule has 6 heteroatoms. The van der Waals surface area contributed by atoms with Crippen LogP contribution in [-0.4, -0.2) is 33.9 Å². The quantitative estimate of drug-likeness (QED) is 0.878. The standard InChI is InChI=1S/C18H25FN2O2S/c1-11(2)9-16-21(18(23)12(3)4)15(10-24-16)17(22)20-14-8-6-5-7-13(14)19/h5-8,11-12,15-16H,9-10H2,1-4H3,(H,20,22). The number of hydrogen-bond acceptors (Lipinski definition) is 3. The van der Waals surface area contributed by atoms with Crippen LogP contribution in [0.25, 0.3) is 0 Å². The van der Waals surface area contributed by atoms with Crippen LogP contribution >= 0.6 is 11.8 Å². The van der Waals surface area contributed by atoms with E-state index >= 15 is 0 Å². The molecule has 2 amide bonds. The van der Waals surface area contributed by atoms with Crippen LogP contribution in [0.1, 0.15) is 34.1 Å². The summed E-state index contributed by atoms with van der Waals surface area (Å²) in [6, 6.07) is 5.51. The van der Waals surface area contributed by atoms with Crippen molar-refractivity contribution < 1.29 is 14.0 Å². The van der Waals surface area contributed by atoms with E-state index in [0.717, 1.165) is 6.42 Å². The number of amides is 2. The maximum atomic E-state index is 13.8. The zero-order valence-electron chi connectivity index (χ0n) is 14.6. The summed E-state index contributed by atoms with van der Waals surface area (Å²) in [5.74, 6) is -0.0412. The summed E-state index contributed by atoms with van der Waals surface area (Å²) in [5, 5.41) is 2.63. The molecule has 2 rings (SSSR count). The van der Waals surface area contributed by atoms with Crippen LogP contribution in [0.2, 0.25) is 0 Å². The van der Waals surface area contributed by atoms with Gasteiger partial charge in [-0.25, -0.2) is 4.39 Å². The number of nitrogens with zero attached hydrogens (tertiary/aromatic N) is 1. The van der Waals surface area contributed by atoms with Crippen molar-refractivity contribution >= 4 is 29.3 Å². The van der Waals surface area contributed by atoms with Gasteiger partial charge in [0.25, 0.3) is 0 Å². The molecule has 0 bridgehead atoms. The molecule has 0 saturated carbocycles. The Morgan fingerprint density at radius 3 is 2.54 bits per heavy atom. The molecule has 0 radical (unpaired) electrons. The summed E-state index contributed by atoms with van der Waals surface area (Å²) in [6.07, 6.45) is 0.840. The largest absolute Gasteiger partial charge is 0.322 e. The summed E-state index contributed by atoms with van der Waals surface area (Å²) < 4.78 is 13.8. The Morgan fingerprint density at radius 2 is 1.96 bits per heavy atom. The first-order chi connectivity index (χ1) is 11.3. The van der Waals surface area contributed by atoms with Gasteiger partial charge in [0.2, 0.25) is 11.8 Å². The van der Waals surface area contributed by atoms with Crippen LogP contribution in [-0.2, 0) is 9.59 Å². The monoisotopic (exact) mass is 352 g/mol. The van der Waals surface area contributed by atoms with E-state index in [1.54, 1.807) is 28.8 Å². The third-order valence-corrected chi connectivity index (χ3v) is 5.26. The van der Waals surface area contributed by atoms with Gasteiger partial charge in [0, 0.05) is 11.7 Å². The number of nitrogens with one attached hydrogen (secondary N) is 1. The molecular weight excluding hydrogens is 327 g/mol. The van der Waals surface area contributed by atoms with Gasteiger partial charge >= 0.3 is 0 Å². The minimum atomic E-state index is -0.562. The average Bonchev–Trinajstić information content (AvgIpc) is 2.91. The van der Waals surface area contributed by atoms with Crippen LogP contribution in [0.15, 0.2) is 24.3 Å². The highest BCUT2D eigenvalue weighted by atomic mass is 32.2. The maximum absolute atomic E-state index is 13.8. The first-order valence-electron chi connectivity index (χ1n) is 8.30. The van der Waals surface area contributed by atoms with Crippen molar-refractivity contribution in [1.82, 2.24) is 4.90 Å². The SMILES string of the molecule is CC(C)CC1SCC(C(=O)Nc2ccccc2F)N1C(=O)C(C)C. The highest BCUT2D eigenvalue weighted by molar-refractivity contribution is 8.00. The average molecular weight is 352 g/mol. The van der Waals surface area contributed by atoms with Crippen molar-refractivity contribution in [2.75, 3.05) is 11.1 Å². The van der Waals surface area contributed by atoms with Gasteiger partial charge < -0.3 is 10.2 Å². The van der Waals surface area contributed by atoms with E-state index < -0.39 is 11.9 Å². The van der Waals surface area contributed by atoms with Gasteiger partial charge in [0.15, 0.2) is 0 Å². The fourth-order valence-electron chi connectivity index (χ4n) is 2.72. The summed E-state index contributed by atoms with van der Waals surface area (Å²) in [5.41, 5.74) is 0.150. The topological polar surface area (TPSA) is 49.4 Å². The number of anilines is 1. The Kier molecular flexibility index (Phi) is 6.27. The molecule has 1 saturated heterocycles. The first-order valence-corrected chi connectivity index (χ1v) is 9.35. The Hall–Kier alpha value is -1.56. The molecule has 0 spiro atoms. The molecule has 1 aromatic carbocycles. The van der Waals surface area contributed by atoms with Gasteiger partial charge in [-0.3, -0.25) is 9.59 Å². The summed E-state index contributed by atoms with van der Waals surface area (Å²) in [6.45, 7) is 7.88. The maximum Gasteiger partial charge on any atom is 0.248 e. The van der Waals surface area contributed by atoms with E-state index in [4.69, 9.17) is 0 Å². The van der Waals surface area contributed by atoms with E-state index in [-0.39, 0.29) is 28.8 Å². The van der Waals surface area contributed by atoms with Gasteiger partial charge in [-0.1, -0.05) is 39.8 Å². The molecular formula is C18H25FN2O2S. The lowest BCUT2D eigenvalue weighted by molar-refractivity contribution is -0.140. The number of halogens is 1. The van der Waals surface area contributed by atoms with Gasteiger partial charge in [-0.15, -0.1) is 11.8 Å². The molecule has 0 aromatic heterocycles. The van der Waals surface area contributed by atoms with E-state index in [1.165, 1.54) is 12.1 Å². The normalized spacial score (nSPS) is 20.7. The van der Waals surface area contributed by atoms with Gasteiger partial charge in [-0.2, -0.15) is 0 Å². The number of rotatable bonds is 5. The minimum absolute atomic E-state index is 0.00345. The summed E-state index contributed by atoms with van der Waals surface area (Å²) in [4.78, 5) is 27.0. The Labute approximate surface area is 147 Å². The van der Waals surface area contributed by atoms with E-state index in [2.05, 4.69) is 19.2 Å². The first kappa shape index (κ1) is 18.8. The number of thioether (sulfide) groups is 1. The smallest absolute Gasteiger partial charge is 0.248 e. The second kappa shape index (κ2) is 8.01. The van der Waals surface area contributed by atoms with Gasteiger partial charge in [-0.05, 0) is 24.5 Å². The molecule has 24 heavy (non-hydrogen) atoms.